The van der Waals surface area contributed by atoms with E-state index in [0.717, 1.165) is 49.4 Å². The third-order valence-corrected chi connectivity index (χ3v) is 11.2. The van der Waals surface area contributed by atoms with E-state index >= 15 is 0 Å². The van der Waals surface area contributed by atoms with Crippen molar-refractivity contribution in [3.8, 4) is 5.75 Å². The number of benzene rings is 2. The number of hydrogen-bond acceptors (Lipinski definition) is 6. The molecule has 2 bridgehead atoms. The molecular weight excluding hydrogens is 612 g/mol. The molecule has 0 saturated heterocycles. The van der Waals surface area contributed by atoms with Crippen LogP contribution in [0.3, 0.4) is 0 Å². The number of allylic oxidation sites excluding steroid dienone is 1. The van der Waals surface area contributed by atoms with Crippen molar-refractivity contribution in [1.82, 2.24) is 10.0 Å². The number of amides is 3. The van der Waals surface area contributed by atoms with Crippen LogP contribution in [0.1, 0.15) is 67.4 Å². The number of aryl methyl sites for hydroxylation is 1. The van der Waals surface area contributed by atoms with E-state index in [1.807, 2.05) is 19.1 Å². The number of hydrogen-bond donors (Lipinski definition) is 2. The van der Waals surface area contributed by atoms with Gasteiger partial charge < -0.3 is 19.7 Å². The average Bonchev–Trinajstić information content (AvgIpc) is 3.01. The number of nitrogens with zero attached hydrogens (tertiary/aromatic N) is 2. The molecule has 2 aromatic rings. The fourth-order valence-corrected chi connectivity index (χ4v) is 8.56. The fourth-order valence-electron chi connectivity index (χ4n) is 6.52. The lowest BCUT2D eigenvalue weighted by atomic mass is 9.70. The molecule has 3 amide bonds. The van der Waals surface area contributed by atoms with Crippen molar-refractivity contribution in [3.63, 3.8) is 0 Å². The number of methoxy groups -OCH3 is 1. The van der Waals surface area contributed by atoms with Gasteiger partial charge in [0.2, 0.25) is 0 Å². The summed E-state index contributed by atoms with van der Waals surface area (Å²) in [6, 6.07) is 10.8. The Morgan fingerprint density at radius 2 is 2.02 bits per heavy atom. The summed E-state index contributed by atoms with van der Waals surface area (Å²) in [5.74, 6) is 0.687. The van der Waals surface area contributed by atoms with Crippen molar-refractivity contribution in [2.24, 2.45) is 22.1 Å². The zero-order chi connectivity index (χ0) is 32.0. The lowest BCUT2D eigenvalue weighted by Gasteiger charge is -2.43. The molecule has 9 nitrogen and oxygen atoms in total. The largest absolute Gasteiger partial charge is 0.491 e. The molecule has 0 spiro atoms. The van der Waals surface area contributed by atoms with E-state index in [9.17, 15) is 13.8 Å². The van der Waals surface area contributed by atoms with Gasteiger partial charge >= 0.3 is 6.03 Å². The number of carbonyl (C=O) groups excluding carboxylic acids is 2. The second-order valence-electron chi connectivity index (χ2n) is 12.4. The van der Waals surface area contributed by atoms with Gasteiger partial charge in [0, 0.05) is 37.3 Å². The lowest BCUT2D eigenvalue weighted by Crippen LogP contribution is -2.43. The third kappa shape index (κ3) is 8.40. The molecule has 2 heterocycles. The minimum absolute atomic E-state index is 0.0312. The van der Waals surface area contributed by atoms with Crippen LogP contribution in [0.25, 0.3) is 0 Å². The SMILES string of the molecule is CCNC(=O)NS1(=O)=NC(=O)c2ccc3c(c2)N(Cc2ccc(Cl)cc2CCCCO3)C[C@@H]2CC[C@H]2[C@@H](OC)/C=C/C[C@H](C)C1. The highest BCUT2D eigenvalue weighted by molar-refractivity contribution is 7.92. The Kier molecular flexibility index (Phi) is 11.1. The number of fused-ring (bicyclic) bond motifs is 3. The molecule has 0 radical (unpaired) electrons. The Hall–Kier alpha value is -3.08. The van der Waals surface area contributed by atoms with Crippen molar-refractivity contribution < 1.29 is 23.3 Å². The molecule has 244 valence electrons. The number of halogens is 1. The predicted octanol–water partition coefficient (Wildman–Crippen LogP) is 6.54. The van der Waals surface area contributed by atoms with E-state index in [2.05, 4.69) is 43.6 Å². The Morgan fingerprint density at radius 1 is 1.18 bits per heavy atom. The second kappa shape index (κ2) is 15.0. The maximum absolute atomic E-state index is 14.1. The Labute approximate surface area is 272 Å². The molecular formula is C34H45ClN4O5S. The highest BCUT2D eigenvalue weighted by atomic mass is 35.5. The van der Waals surface area contributed by atoms with Crippen molar-refractivity contribution in [3.05, 3.63) is 70.3 Å². The highest BCUT2D eigenvalue weighted by Crippen LogP contribution is 2.42. The van der Waals surface area contributed by atoms with Gasteiger partial charge in [-0.05, 0) is 105 Å². The van der Waals surface area contributed by atoms with Gasteiger partial charge in [-0.3, -0.25) is 9.52 Å². The number of urea groups is 1. The standard InChI is InChI=1S/C34H45ClN4O5S/c1-4-36-34(41)38-45(42)22-23(2)8-7-10-31(43-3)29-15-12-27(29)21-39-20-26-11-14-28(35)18-24(26)9-5-6-17-44-32-16-13-25(19-30(32)39)33(40)37-45/h7,10-11,13-14,16,18-19,23,27,29,31H,4-6,8-9,12,15,17,20-22H2,1-3H3,(H2,36,37,38,40,41,42)/b10-7+/t23-,27-,29+,31-,45?/m0/s1. The van der Waals surface area contributed by atoms with E-state index in [0.29, 0.717) is 49.3 Å². The van der Waals surface area contributed by atoms with Gasteiger partial charge in [-0.2, -0.15) is 0 Å². The number of carbonyl (C=O) groups is 2. The summed E-state index contributed by atoms with van der Waals surface area (Å²) < 4.78 is 33.1. The Bertz CT molecular complexity index is 1540. The molecule has 3 aliphatic rings. The number of rotatable bonds is 3. The topological polar surface area (TPSA) is 109 Å². The molecule has 0 aromatic heterocycles. The van der Waals surface area contributed by atoms with Gasteiger partial charge in [-0.15, -0.1) is 4.36 Å². The van der Waals surface area contributed by atoms with E-state index < -0.39 is 21.9 Å². The number of anilines is 1. The highest BCUT2D eigenvalue weighted by Gasteiger charge is 2.38. The first-order chi connectivity index (χ1) is 21.7. The van der Waals surface area contributed by atoms with Gasteiger partial charge in [0.1, 0.15) is 15.7 Å². The maximum Gasteiger partial charge on any atom is 0.327 e. The molecule has 2 N–H and O–H groups in total. The molecule has 45 heavy (non-hydrogen) atoms. The van der Waals surface area contributed by atoms with Gasteiger partial charge in [0.25, 0.3) is 5.91 Å². The number of ether oxygens (including phenoxy) is 2. The van der Waals surface area contributed by atoms with Crippen LogP contribution in [0.5, 0.6) is 5.75 Å². The number of nitrogens with one attached hydrogen (secondary N) is 2. The van der Waals surface area contributed by atoms with Crippen LogP contribution in [0, 0.1) is 17.8 Å². The van der Waals surface area contributed by atoms with E-state index in [1.54, 1.807) is 26.2 Å². The van der Waals surface area contributed by atoms with Crippen LogP contribution >= 0.6 is 11.6 Å². The quantitative estimate of drug-likeness (QED) is 0.363. The van der Waals surface area contributed by atoms with Gasteiger partial charge in [-0.25, -0.2) is 9.00 Å². The molecule has 2 aromatic carbocycles. The summed E-state index contributed by atoms with van der Waals surface area (Å²) in [6.45, 7) is 5.97. The fraction of sp³-hybridized carbons (Fsp3) is 0.529. The van der Waals surface area contributed by atoms with Crippen LogP contribution in [0.4, 0.5) is 10.5 Å². The first-order valence-electron chi connectivity index (χ1n) is 16.0. The van der Waals surface area contributed by atoms with Gasteiger partial charge in [0.05, 0.1) is 24.2 Å². The zero-order valence-corrected chi connectivity index (χ0v) is 28.0. The third-order valence-electron chi connectivity index (χ3n) is 8.99. The van der Waals surface area contributed by atoms with Crippen LogP contribution < -0.4 is 19.7 Å². The van der Waals surface area contributed by atoms with Crippen LogP contribution in [-0.2, 0) is 27.6 Å². The second-order valence-corrected chi connectivity index (χ2v) is 14.9. The summed E-state index contributed by atoms with van der Waals surface area (Å²) in [5.41, 5.74) is 3.48. The average molecular weight is 657 g/mol. The summed E-state index contributed by atoms with van der Waals surface area (Å²) in [4.78, 5) is 28.5. The van der Waals surface area contributed by atoms with Crippen LogP contribution in [0.15, 0.2) is 52.9 Å². The zero-order valence-electron chi connectivity index (χ0n) is 26.4. The van der Waals surface area contributed by atoms with Crippen molar-refractivity contribution in [1.29, 1.82) is 0 Å². The molecule has 1 saturated carbocycles. The Balaban J connectivity index is 1.63. The van der Waals surface area contributed by atoms with Crippen molar-refractivity contribution in [2.45, 2.75) is 65.0 Å². The van der Waals surface area contributed by atoms with E-state index in [4.69, 9.17) is 21.1 Å². The van der Waals surface area contributed by atoms with E-state index in [1.165, 1.54) is 11.1 Å². The van der Waals surface area contributed by atoms with Crippen LogP contribution in [0.2, 0.25) is 5.02 Å². The first-order valence-corrected chi connectivity index (χ1v) is 18.1. The summed E-state index contributed by atoms with van der Waals surface area (Å²) >= 11 is 6.43. The molecule has 5 atom stereocenters. The smallest absolute Gasteiger partial charge is 0.327 e. The van der Waals surface area contributed by atoms with Crippen LogP contribution in [-0.4, -0.2) is 54.8 Å². The molecule has 1 aliphatic carbocycles. The first kappa shape index (κ1) is 33.3. The summed E-state index contributed by atoms with van der Waals surface area (Å²) in [7, 11) is -1.68. The molecule has 5 rings (SSSR count). The van der Waals surface area contributed by atoms with E-state index in [-0.39, 0.29) is 17.8 Å². The molecule has 11 heteroatoms. The maximum atomic E-state index is 14.1. The normalized spacial score (nSPS) is 28.1. The molecule has 1 unspecified atom stereocenters. The van der Waals surface area contributed by atoms with Crippen molar-refractivity contribution in [2.75, 3.05) is 37.5 Å². The summed E-state index contributed by atoms with van der Waals surface area (Å²) in [6.07, 6.45) is 9.62. The summed E-state index contributed by atoms with van der Waals surface area (Å²) in [5, 5.41) is 3.33. The minimum atomic E-state index is -3.43. The van der Waals surface area contributed by atoms with Gasteiger partial charge in [0.15, 0.2) is 0 Å². The molecule has 2 aliphatic heterocycles. The Morgan fingerprint density at radius 3 is 2.78 bits per heavy atom. The van der Waals surface area contributed by atoms with Crippen molar-refractivity contribution >= 4 is 39.1 Å². The van der Waals surface area contributed by atoms with Gasteiger partial charge in [-0.1, -0.05) is 36.7 Å². The lowest BCUT2D eigenvalue weighted by molar-refractivity contribution is 0.0133. The molecule has 1 fully saturated rings. The monoisotopic (exact) mass is 656 g/mol. The predicted molar refractivity (Wildman–Crippen MR) is 179 cm³/mol. The minimum Gasteiger partial charge on any atom is -0.491 e.